The molecule has 0 saturated carbocycles. The number of aryl methyl sites for hydroxylation is 1. The van der Waals surface area contributed by atoms with Gasteiger partial charge in [0.2, 0.25) is 0 Å². The van der Waals surface area contributed by atoms with Crippen molar-refractivity contribution in [1.82, 2.24) is 24.7 Å². The number of nitrogens with two attached hydrogens (primary N) is 1. The first kappa shape index (κ1) is 21.9. The van der Waals surface area contributed by atoms with Gasteiger partial charge in [0.15, 0.2) is 5.82 Å². The molecule has 0 spiro atoms. The Morgan fingerprint density at radius 2 is 1.65 bits per heavy atom. The van der Waals surface area contributed by atoms with Gasteiger partial charge in [-0.25, -0.2) is 14.6 Å². The van der Waals surface area contributed by atoms with Crippen LogP contribution in [0.1, 0.15) is 22.8 Å². The van der Waals surface area contributed by atoms with Crippen molar-refractivity contribution >= 4 is 17.7 Å². The SMILES string of the molecule is Cc1cccc(/C(=C\n2cnc(-c3cc(C(F)(F)F)nc(C(F)(F)F)c3)n2)C(N)=O)n1. The number of primary amides is 1. The second kappa shape index (κ2) is 7.81. The third-order valence-corrected chi connectivity index (χ3v) is 3.86. The predicted octanol–water partition coefficient (Wildman–Crippen LogP) is 3.56. The van der Waals surface area contributed by atoms with Crippen LogP contribution in [0.15, 0.2) is 36.7 Å². The molecule has 13 heteroatoms. The fourth-order valence-electron chi connectivity index (χ4n) is 2.50. The first-order chi connectivity index (χ1) is 14.3. The van der Waals surface area contributed by atoms with Crippen molar-refractivity contribution in [2.45, 2.75) is 19.3 Å². The quantitative estimate of drug-likeness (QED) is 0.492. The number of nitrogens with zero attached hydrogens (tertiary/aromatic N) is 5. The number of rotatable bonds is 4. The van der Waals surface area contributed by atoms with Gasteiger partial charge in [-0.1, -0.05) is 6.07 Å². The highest BCUT2D eigenvalue weighted by atomic mass is 19.4. The topological polar surface area (TPSA) is 99.6 Å². The van der Waals surface area contributed by atoms with Crippen LogP contribution < -0.4 is 5.73 Å². The standard InChI is InChI=1S/C18H12F6N6O/c1-9-3-2-4-12(27-9)11(15(25)31)7-30-8-26-16(29-30)10-5-13(17(19,20)21)28-14(6-10)18(22,23)24/h2-8H,1H3,(H2,25,31)/b11-7+. The molecule has 31 heavy (non-hydrogen) atoms. The molecule has 7 nitrogen and oxygen atoms in total. The zero-order chi connectivity index (χ0) is 23.0. The Morgan fingerprint density at radius 3 is 2.16 bits per heavy atom. The fourth-order valence-corrected chi connectivity index (χ4v) is 2.50. The lowest BCUT2D eigenvalue weighted by Gasteiger charge is -2.11. The van der Waals surface area contributed by atoms with Gasteiger partial charge in [0, 0.05) is 17.5 Å². The third kappa shape index (κ3) is 5.05. The fraction of sp³-hybridized carbons (Fsp3) is 0.167. The number of amides is 1. The van der Waals surface area contributed by atoms with E-state index in [0.29, 0.717) is 17.8 Å². The summed E-state index contributed by atoms with van der Waals surface area (Å²) in [7, 11) is 0. The van der Waals surface area contributed by atoms with Crippen LogP contribution in [0.5, 0.6) is 0 Å². The number of aromatic nitrogens is 5. The molecule has 2 N–H and O–H groups in total. The van der Waals surface area contributed by atoms with Crippen LogP contribution in [0.25, 0.3) is 23.2 Å². The molecule has 0 radical (unpaired) electrons. The van der Waals surface area contributed by atoms with Crippen LogP contribution in [0.2, 0.25) is 0 Å². The van der Waals surface area contributed by atoms with E-state index in [1.807, 2.05) is 0 Å². The van der Waals surface area contributed by atoms with Gasteiger partial charge in [0.05, 0.1) is 11.3 Å². The molecule has 3 aromatic rings. The minimum absolute atomic E-state index is 0.0955. The minimum atomic E-state index is -5.12. The van der Waals surface area contributed by atoms with E-state index >= 15 is 0 Å². The van der Waals surface area contributed by atoms with Crippen molar-refractivity contribution < 1.29 is 31.1 Å². The molecule has 0 aromatic carbocycles. The molecule has 0 saturated heterocycles. The van der Waals surface area contributed by atoms with Crippen molar-refractivity contribution in [3.8, 4) is 11.4 Å². The van der Waals surface area contributed by atoms with Gasteiger partial charge in [0.1, 0.15) is 17.7 Å². The highest BCUT2D eigenvalue weighted by Crippen LogP contribution is 2.35. The van der Waals surface area contributed by atoms with Crippen LogP contribution in [-0.4, -0.2) is 30.6 Å². The molecule has 0 atom stereocenters. The summed E-state index contributed by atoms with van der Waals surface area (Å²) in [5.41, 5.74) is 1.99. The molecule has 0 fully saturated rings. The Bertz CT molecular complexity index is 1130. The van der Waals surface area contributed by atoms with Crippen molar-refractivity contribution in [2.75, 3.05) is 0 Å². The van der Waals surface area contributed by atoms with Crippen LogP contribution in [-0.2, 0) is 17.1 Å². The lowest BCUT2D eigenvalue weighted by molar-refractivity contribution is -0.150. The van der Waals surface area contributed by atoms with Gasteiger partial charge in [-0.15, -0.1) is 5.10 Å². The van der Waals surface area contributed by atoms with Gasteiger partial charge in [-0.05, 0) is 31.2 Å². The minimum Gasteiger partial charge on any atom is -0.365 e. The molecule has 1 amide bonds. The summed E-state index contributed by atoms with van der Waals surface area (Å²) in [4.78, 5) is 22.3. The molecule has 162 valence electrons. The molecule has 0 aliphatic carbocycles. The van der Waals surface area contributed by atoms with E-state index in [2.05, 4.69) is 20.1 Å². The van der Waals surface area contributed by atoms with E-state index in [1.165, 1.54) is 6.07 Å². The van der Waals surface area contributed by atoms with Gasteiger partial charge in [0.25, 0.3) is 5.91 Å². The number of alkyl halides is 6. The molecule has 3 heterocycles. The van der Waals surface area contributed by atoms with E-state index in [-0.39, 0.29) is 11.3 Å². The first-order valence-corrected chi connectivity index (χ1v) is 8.38. The normalized spacial score (nSPS) is 12.8. The number of carbonyl (C=O) groups excluding carboxylic acids is 1. The average molecular weight is 442 g/mol. The monoisotopic (exact) mass is 442 g/mol. The van der Waals surface area contributed by atoms with Crippen LogP contribution in [0.4, 0.5) is 26.3 Å². The van der Waals surface area contributed by atoms with Gasteiger partial charge >= 0.3 is 12.4 Å². The molecule has 0 unspecified atom stereocenters. The van der Waals surface area contributed by atoms with Crippen LogP contribution in [0.3, 0.4) is 0 Å². The number of carbonyl (C=O) groups is 1. The van der Waals surface area contributed by atoms with E-state index in [9.17, 15) is 31.1 Å². The van der Waals surface area contributed by atoms with Gasteiger partial charge in [-0.3, -0.25) is 9.78 Å². The summed E-state index contributed by atoms with van der Waals surface area (Å²) in [6, 6.07) is 5.59. The predicted molar refractivity (Wildman–Crippen MR) is 95.6 cm³/mol. The maximum atomic E-state index is 13.0. The van der Waals surface area contributed by atoms with E-state index in [4.69, 9.17) is 5.73 Å². The van der Waals surface area contributed by atoms with Crippen molar-refractivity contribution in [3.05, 3.63) is 59.4 Å². The van der Waals surface area contributed by atoms with Gasteiger partial charge < -0.3 is 5.73 Å². The summed E-state index contributed by atoms with van der Waals surface area (Å²) in [5.74, 6) is -1.33. The van der Waals surface area contributed by atoms with Crippen molar-refractivity contribution in [1.29, 1.82) is 0 Å². The Morgan fingerprint density at radius 1 is 1.03 bits per heavy atom. The van der Waals surface area contributed by atoms with Crippen molar-refractivity contribution in [2.24, 2.45) is 5.73 Å². The summed E-state index contributed by atoms with van der Waals surface area (Å²) in [6.07, 6.45) is -8.13. The highest BCUT2D eigenvalue weighted by Gasteiger charge is 2.39. The second-order valence-corrected chi connectivity index (χ2v) is 6.24. The number of hydrogen-bond acceptors (Lipinski definition) is 5. The maximum Gasteiger partial charge on any atom is 0.433 e. The van der Waals surface area contributed by atoms with E-state index in [0.717, 1.165) is 17.2 Å². The summed E-state index contributed by atoms with van der Waals surface area (Å²) < 4.78 is 78.9. The number of pyridine rings is 2. The molecule has 0 aliphatic heterocycles. The number of hydrogen-bond donors (Lipinski definition) is 1. The molecule has 0 bridgehead atoms. The Labute approximate surface area is 170 Å². The number of halogens is 6. The molecular formula is C18H12F6N6O. The Kier molecular flexibility index (Phi) is 5.53. The zero-order valence-electron chi connectivity index (χ0n) is 15.5. The smallest absolute Gasteiger partial charge is 0.365 e. The van der Waals surface area contributed by atoms with E-state index in [1.54, 1.807) is 19.1 Å². The van der Waals surface area contributed by atoms with Crippen LogP contribution in [0, 0.1) is 6.92 Å². The average Bonchev–Trinajstić information content (AvgIpc) is 3.13. The van der Waals surface area contributed by atoms with E-state index < -0.39 is 41.0 Å². The largest absolute Gasteiger partial charge is 0.433 e. The molecule has 0 aliphatic rings. The summed E-state index contributed by atoms with van der Waals surface area (Å²) in [6.45, 7) is 1.68. The lowest BCUT2D eigenvalue weighted by Crippen LogP contribution is -2.15. The maximum absolute atomic E-state index is 13.0. The Hall–Kier alpha value is -3.77. The molecule has 3 aromatic heterocycles. The molecular weight excluding hydrogens is 430 g/mol. The lowest BCUT2D eigenvalue weighted by atomic mass is 10.1. The van der Waals surface area contributed by atoms with Gasteiger partial charge in [-0.2, -0.15) is 26.3 Å². The first-order valence-electron chi connectivity index (χ1n) is 8.38. The van der Waals surface area contributed by atoms with Crippen molar-refractivity contribution in [3.63, 3.8) is 0 Å². The molecule has 3 rings (SSSR count). The third-order valence-electron chi connectivity index (χ3n) is 3.86. The summed E-state index contributed by atoms with van der Waals surface area (Å²) >= 11 is 0. The zero-order valence-corrected chi connectivity index (χ0v) is 15.5. The van der Waals surface area contributed by atoms with Crippen LogP contribution >= 0.6 is 0 Å². The highest BCUT2D eigenvalue weighted by molar-refractivity contribution is 6.21. The Balaban J connectivity index is 2.07. The second-order valence-electron chi connectivity index (χ2n) is 6.24. The summed E-state index contributed by atoms with van der Waals surface area (Å²) in [5, 5.41) is 3.83.